The summed E-state index contributed by atoms with van der Waals surface area (Å²) in [4.78, 5) is 25.7. The second kappa shape index (κ2) is 6.17. The second-order valence-electron chi connectivity index (χ2n) is 4.83. The molecule has 1 aromatic rings. The van der Waals surface area contributed by atoms with Crippen LogP contribution < -0.4 is 0 Å². The third kappa shape index (κ3) is 3.07. The summed E-state index contributed by atoms with van der Waals surface area (Å²) in [6.45, 7) is 0.470. The number of benzene rings is 1. The summed E-state index contributed by atoms with van der Waals surface area (Å²) in [5.41, 5.74) is 0.437. The first-order chi connectivity index (χ1) is 9.50. The van der Waals surface area contributed by atoms with Crippen LogP contribution in [0.3, 0.4) is 0 Å². The normalized spacial score (nSPS) is 20.4. The highest BCUT2D eigenvalue weighted by atomic mass is 32.2. The van der Waals surface area contributed by atoms with Crippen molar-refractivity contribution in [3.05, 3.63) is 29.8 Å². The van der Waals surface area contributed by atoms with Crippen molar-refractivity contribution in [1.29, 1.82) is 0 Å². The van der Waals surface area contributed by atoms with Gasteiger partial charge < -0.3 is 10.0 Å². The van der Waals surface area contributed by atoms with Crippen LogP contribution in [0.15, 0.2) is 29.2 Å². The number of aliphatic carboxylic acids is 1. The Kier molecular flexibility index (Phi) is 4.54. The topological polar surface area (TPSA) is 74.7 Å². The fourth-order valence-corrected chi connectivity index (χ4v) is 2.91. The van der Waals surface area contributed by atoms with Gasteiger partial charge in [-0.1, -0.05) is 0 Å². The van der Waals surface area contributed by atoms with Crippen LogP contribution in [0.4, 0.5) is 0 Å². The molecule has 0 bridgehead atoms. The molecule has 1 saturated heterocycles. The highest BCUT2D eigenvalue weighted by molar-refractivity contribution is 7.84. The van der Waals surface area contributed by atoms with Crippen LogP contribution in [0.25, 0.3) is 0 Å². The van der Waals surface area contributed by atoms with Gasteiger partial charge in [0, 0.05) is 34.1 Å². The Morgan fingerprint density at radius 2 is 1.90 bits per heavy atom. The Morgan fingerprint density at radius 3 is 2.45 bits per heavy atom. The number of amides is 1. The molecule has 2 rings (SSSR count). The maximum absolute atomic E-state index is 12.4. The van der Waals surface area contributed by atoms with Crippen LogP contribution in [0.1, 0.15) is 29.6 Å². The maximum Gasteiger partial charge on any atom is 0.326 e. The number of piperidine rings is 1. The van der Waals surface area contributed by atoms with Gasteiger partial charge >= 0.3 is 5.97 Å². The van der Waals surface area contributed by atoms with E-state index in [-0.39, 0.29) is 5.91 Å². The molecule has 0 radical (unpaired) electrons. The van der Waals surface area contributed by atoms with Crippen LogP contribution in [0.2, 0.25) is 0 Å². The number of hydrogen-bond acceptors (Lipinski definition) is 3. The van der Waals surface area contributed by atoms with E-state index in [1.54, 1.807) is 30.5 Å². The predicted molar refractivity (Wildman–Crippen MR) is 75.1 cm³/mol. The summed E-state index contributed by atoms with van der Waals surface area (Å²) in [6, 6.07) is 5.75. The molecular formula is C14H17NO4S. The molecule has 2 atom stereocenters. The molecule has 1 aromatic carbocycles. The Labute approximate surface area is 120 Å². The monoisotopic (exact) mass is 295 g/mol. The van der Waals surface area contributed by atoms with Crippen molar-refractivity contribution in [3.63, 3.8) is 0 Å². The van der Waals surface area contributed by atoms with Crippen molar-refractivity contribution in [2.75, 3.05) is 12.8 Å². The molecule has 0 saturated carbocycles. The molecule has 1 N–H and O–H groups in total. The Bertz CT molecular complexity index is 541. The number of rotatable bonds is 3. The average molecular weight is 295 g/mol. The van der Waals surface area contributed by atoms with Gasteiger partial charge in [0.1, 0.15) is 6.04 Å². The largest absolute Gasteiger partial charge is 0.480 e. The molecule has 20 heavy (non-hydrogen) atoms. The molecule has 108 valence electrons. The zero-order valence-electron chi connectivity index (χ0n) is 11.2. The van der Waals surface area contributed by atoms with Gasteiger partial charge in [-0.15, -0.1) is 0 Å². The molecule has 1 fully saturated rings. The molecule has 6 heteroatoms. The van der Waals surface area contributed by atoms with Crippen molar-refractivity contribution in [2.24, 2.45) is 0 Å². The van der Waals surface area contributed by atoms with E-state index in [0.717, 1.165) is 12.8 Å². The van der Waals surface area contributed by atoms with Gasteiger partial charge in [-0.3, -0.25) is 9.00 Å². The number of carbonyl (C=O) groups is 2. The molecule has 1 amide bonds. The van der Waals surface area contributed by atoms with E-state index in [9.17, 15) is 18.9 Å². The second-order valence-corrected chi connectivity index (χ2v) is 6.21. The SMILES string of the molecule is CS(=O)c1ccc(C(=O)N2CCCC[C@@H]2C(=O)O)cc1. The summed E-state index contributed by atoms with van der Waals surface area (Å²) in [5, 5.41) is 9.19. The van der Waals surface area contributed by atoms with Crippen LogP contribution in [-0.4, -0.2) is 44.9 Å². The lowest BCUT2D eigenvalue weighted by Gasteiger charge is -2.33. The fraction of sp³-hybridized carbons (Fsp3) is 0.429. The predicted octanol–water partition coefficient (Wildman–Crippen LogP) is 1.50. The molecule has 1 aliphatic heterocycles. The molecule has 1 aliphatic rings. The number of nitrogens with zero attached hydrogens (tertiary/aromatic N) is 1. The van der Waals surface area contributed by atoms with Crippen LogP contribution in [0.5, 0.6) is 0 Å². The van der Waals surface area contributed by atoms with E-state index in [4.69, 9.17) is 0 Å². The number of likely N-dealkylation sites (tertiary alicyclic amines) is 1. The summed E-state index contributed by atoms with van der Waals surface area (Å²) < 4.78 is 11.3. The molecule has 1 unspecified atom stereocenters. The van der Waals surface area contributed by atoms with E-state index >= 15 is 0 Å². The summed E-state index contributed by atoms with van der Waals surface area (Å²) >= 11 is 0. The minimum absolute atomic E-state index is 0.273. The standard InChI is InChI=1S/C14H17NO4S/c1-20(19)11-7-5-10(6-8-11)13(16)15-9-3-2-4-12(15)14(17)18/h5-8,12H,2-4,9H2,1H3,(H,17,18)/t12-,20?/m1/s1. The van der Waals surface area contributed by atoms with E-state index in [1.807, 2.05) is 0 Å². The van der Waals surface area contributed by atoms with Gasteiger partial charge in [0.2, 0.25) is 0 Å². The summed E-state index contributed by atoms with van der Waals surface area (Å²) in [6.07, 6.45) is 3.72. The molecule has 0 aliphatic carbocycles. The van der Waals surface area contributed by atoms with Crippen LogP contribution >= 0.6 is 0 Å². The van der Waals surface area contributed by atoms with Gasteiger partial charge in [-0.25, -0.2) is 4.79 Å². The van der Waals surface area contributed by atoms with E-state index in [1.165, 1.54) is 4.90 Å². The lowest BCUT2D eigenvalue weighted by atomic mass is 10.0. The zero-order valence-corrected chi connectivity index (χ0v) is 12.1. The lowest BCUT2D eigenvalue weighted by molar-refractivity contribution is -0.143. The molecular weight excluding hydrogens is 278 g/mol. The first-order valence-electron chi connectivity index (χ1n) is 6.48. The van der Waals surface area contributed by atoms with Gasteiger partial charge in [0.25, 0.3) is 5.91 Å². The average Bonchev–Trinajstić information content (AvgIpc) is 2.46. The zero-order chi connectivity index (χ0) is 14.7. The van der Waals surface area contributed by atoms with E-state index < -0.39 is 22.8 Å². The molecule has 0 spiro atoms. The highest BCUT2D eigenvalue weighted by Gasteiger charge is 2.32. The minimum Gasteiger partial charge on any atom is -0.480 e. The molecule has 5 nitrogen and oxygen atoms in total. The van der Waals surface area contributed by atoms with E-state index in [2.05, 4.69) is 0 Å². The van der Waals surface area contributed by atoms with Gasteiger partial charge in [0.05, 0.1) is 0 Å². The maximum atomic E-state index is 12.4. The van der Waals surface area contributed by atoms with Crippen molar-refractivity contribution >= 4 is 22.7 Å². The first-order valence-corrected chi connectivity index (χ1v) is 8.04. The van der Waals surface area contributed by atoms with Crippen molar-refractivity contribution in [2.45, 2.75) is 30.2 Å². The van der Waals surface area contributed by atoms with Crippen LogP contribution in [-0.2, 0) is 15.6 Å². The van der Waals surface area contributed by atoms with E-state index in [0.29, 0.717) is 23.4 Å². The lowest BCUT2D eigenvalue weighted by Crippen LogP contribution is -2.47. The third-order valence-electron chi connectivity index (χ3n) is 3.48. The Balaban J connectivity index is 2.20. The minimum atomic E-state index is -1.09. The van der Waals surface area contributed by atoms with Crippen LogP contribution in [0, 0.1) is 0 Å². The number of hydrogen-bond donors (Lipinski definition) is 1. The third-order valence-corrected chi connectivity index (χ3v) is 4.42. The first kappa shape index (κ1) is 14.7. The highest BCUT2D eigenvalue weighted by Crippen LogP contribution is 2.20. The van der Waals surface area contributed by atoms with Gasteiger partial charge in [-0.2, -0.15) is 0 Å². The van der Waals surface area contributed by atoms with Crippen molar-refractivity contribution in [1.82, 2.24) is 4.90 Å². The summed E-state index contributed by atoms with van der Waals surface area (Å²) in [7, 11) is -1.09. The van der Waals surface area contributed by atoms with Crippen molar-refractivity contribution in [3.8, 4) is 0 Å². The van der Waals surface area contributed by atoms with Gasteiger partial charge in [0.15, 0.2) is 0 Å². The smallest absolute Gasteiger partial charge is 0.326 e. The molecule has 0 aromatic heterocycles. The Hall–Kier alpha value is -1.69. The fourth-order valence-electron chi connectivity index (χ4n) is 2.39. The summed E-state index contributed by atoms with van der Waals surface area (Å²) in [5.74, 6) is -1.23. The Morgan fingerprint density at radius 1 is 1.25 bits per heavy atom. The van der Waals surface area contributed by atoms with Crippen molar-refractivity contribution < 1.29 is 18.9 Å². The number of carboxylic acid groups (broad SMARTS) is 1. The number of carbonyl (C=O) groups excluding carboxylic acids is 1. The number of carboxylic acids is 1. The van der Waals surface area contributed by atoms with Gasteiger partial charge in [-0.05, 0) is 43.5 Å². The quantitative estimate of drug-likeness (QED) is 0.917. The molecule has 1 heterocycles.